The molecule has 0 bridgehead atoms. The Morgan fingerprint density at radius 2 is 1.83 bits per heavy atom. The van der Waals surface area contributed by atoms with Gasteiger partial charge in [0.2, 0.25) is 0 Å². The van der Waals surface area contributed by atoms with Crippen LogP contribution in [-0.2, 0) is 26.0 Å². The first-order chi connectivity index (χ1) is 19.7. The van der Waals surface area contributed by atoms with Gasteiger partial charge in [-0.2, -0.15) is 8.42 Å². The van der Waals surface area contributed by atoms with Crippen LogP contribution < -0.4 is 10.5 Å². The lowest BCUT2D eigenvalue weighted by atomic mass is 9.70. The molecule has 0 saturated carbocycles. The van der Waals surface area contributed by atoms with E-state index >= 15 is 0 Å². The van der Waals surface area contributed by atoms with Crippen molar-refractivity contribution < 1.29 is 27.4 Å². The lowest BCUT2D eigenvalue weighted by Gasteiger charge is -2.41. The molecular weight excluding hydrogens is 557 g/mol. The van der Waals surface area contributed by atoms with Gasteiger partial charge in [0.15, 0.2) is 5.03 Å². The van der Waals surface area contributed by atoms with Gasteiger partial charge in [0.25, 0.3) is 10.0 Å². The molecule has 2 heterocycles. The molecular formula is C32H38FN3O5S. The summed E-state index contributed by atoms with van der Waals surface area (Å²) in [5.41, 5.74) is 6.55. The SMILES string of the molecule is CCCC1(CCc2ccc(F)cc2)CC(O)=C(C(c2cccc(NS(=O)(=O)c3ccc(N)cn3)c2)C(C)(C)C)C(=O)O1. The van der Waals surface area contributed by atoms with Crippen molar-refractivity contribution in [2.75, 3.05) is 10.5 Å². The minimum Gasteiger partial charge on any atom is -0.512 e. The summed E-state index contributed by atoms with van der Waals surface area (Å²) in [7, 11) is -4.00. The summed E-state index contributed by atoms with van der Waals surface area (Å²) in [4.78, 5) is 17.6. The molecule has 4 N–H and O–H groups in total. The molecule has 1 aromatic heterocycles. The van der Waals surface area contributed by atoms with Crippen molar-refractivity contribution in [3.63, 3.8) is 0 Å². The predicted molar refractivity (Wildman–Crippen MR) is 161 cm³/mol. The molecule has 1 aliphatic rings. The standard InChI is InChI=1S/C32H38FN3O5S/c1-5-16-32(17-15-21-9-11-23(33)12-10-21)19-26(37)28(30(38)41-32)29(31(2,3)4)22-7-6-8-25(18-22)36-42(39,40)27-14-13-24(34)20-35-27/h6-14,18,20,29,36-37H,5,15-17,19,34H2,1-4H3. The van der Waals surface area contributed by atoms with Crippen molar-refractivity contribution in [3.05, 3.63) is 95.1 Å². The first-order valence-corrected chi connectivity index (χ1v) is 15.5. The van der Waals surface area contributed by atoms with Crippen molar-refractivity contribution in [2.24, 2.45) is 5.41 Å². The van der Waals surface area contributed by atoms with Crippen LogP contribution in [0.15, 0.2) is 83.2 Å². The van der Waals surface area contributed by atoms with E-state index in [2.05, 4.69) is 9.71 Å². The predicted octanol–water partition coefficient (Wildman–Crippen LogP) is 6.66. The molecule has 1 aliphatic heterocycles. The molecule has 10 heteroatoms. The number of cyclic esters (lactones) is 1. The van der Waals surface area contributed by atoms with Gasteiger partial charge in [-0.1, -0.05) is 58.4 Å². The zero-order valence-corrected chi connectivity index (χ0v) is 25.2. The first-order valence-electron chi connectivity index (χ1n) is 14.0. The third-order valence-electron chi connectivity index (χ3n) is 7.48. The molecule has 0 spiro atoms. The molecule has 224 valence electrons. The van der Waals surface area contributed by atoms with E-state index in [4.69, 9.17) is 10.5 Å². The van der Waals surface area contributed by atoms with Gasteiger partial charge in [-0.05, 0) is 72.2 Å². The van der Waals surface area contributed by atoms with Gasteiger partial charge >= 0.3 is 5.97 Å². The number of hydrogen-bond acceptors (Lipinski definition) is 7. The maximum absolute atomic E-state index is 13.7. The minimum atomic E-state index is -4.00. The van der Waals surface area contributed by atoms with Crippen LogP contribution in [0.2, 0.25) is 0 Å². The number of carbonyl (C=O) groups is 1. The number of nitrogen functional groups attached to an aromatic ring is 1. The number of nitrogens with one attached hydrogen (secondary N) is 1. The van der Waals surface area contributed by atoms with Crippen LogP contribution >= 0.6 is 0 Å². The highest BCUT2D eigenvalue weighted by Gasteiger charge is 2.46. The number of halogens is 1. The normalized spacial score (nSPS) is 18.5. The Bertz CT molecular complexity index is 1560. The summed E-state index contributed by atoms with van der Waals surface area (Å²) < 4.78 is 48.0. The zero-order chi connectivity index (χ0) is 30.7. The van der Waals surface area contributed by atoms with Gasteiger partial charge < -0.3 is 15.6 Å². The number of nitrogens with two attached hydrogens (primary N) is 1. The highest BCUT2D eigenvalue weighted by Crippen LogP contribution is 2.47. The fourth-order valence-electron chi connectivity index (χ4n) is 5.61. The number of aryl methyl sites for hydroxylation is 1. The van der Waals surface area contributed by atoms with Crippen molar-refractivity contribution >= 4 is 27.4 Å². The Labute approximate surface area is 246 Å². The molecule has 3 aromatic rings. The lowest BCUT2D eigenvalue weighted by Crippen LogP contribution is -2.43. The van der Waals surface area contributed by atoms with Gasteiger partial charge in [-0.25, -0.2) is 14.2 Å². The van der Waals surface area contributed by atoms with E-state index in [1.807, 2.05) is 27.7 Å². The van der Waals surface area contributed by atoms with E-state index in [-0.39, 0.29) is 34.3 Å². The zero-order valence-electron chi connectivity index (χ0n) is 24.4. The second-order valence-corrected chi connectivity index (χ2v) is 13.6. The number of hydrogen-bond donors (Lipinski definition) is 3. The fourth-order valence-corrected chi connectivity index (χ4v) is 6.59. The molecule has 0 radical (unpaired) electrons. The molecule has 0 aliphatic carbocycles. The Hall–Kier alpha value is -3.92. The molecule has 2 atom stereocenters. The Kier molecular flexibility index (Phi) is 8.96. The molecule has 4 rings (SSSR count). The van der Waals surface area contributed by atoms with Gasteiger partial charge in [-0.3, -0.25) is 4.72 Å². The van der Waals surface area contributed by atoms with Crippen molar-refractivity contribution in [3.8, 4) is 0 Å². The highest BCUT2D eigenvalue weighted by atomic mass is 32.2. The number of benzene rings is 2. The average Bonchev–Trinajstić information content (AvgIpc) is 2.90. The van der Waals surface area contributed by atoms with Crippen LogP contribution in [-0.4, -0.2) is 30.1 Å². The van der Waals surface area contributed by atoms with Crippen LogP contribution in [0, 0.1) is 11.2 Å². The fraction of sp³-hybridized carbons (Fsp3) is 0.375. The smallest absolute Gasteiger partial charge is 0.338 e. The van der Waals surface area contributed by atoms with E-state index in [1.54, 1.807) is 36.4 Å². The van der Waals surface area contributed by atoms with Gasteiger partial charge in [0.1, 0.15) is 17.2 Å². The summed E-state index contributed by atoms with van der Waals surface area (Å²) in [6.45, 7) is 7.84. The van der Waals surface area contributed by atoms with Gasteiger partial charge in [0.05, 0.1) is 17.5 Å². The molecule has 0 amide bonds. The molecule has 8 nitrogen and oxygen atoms in total. The second-order valence-electron chi connectivity index (χ2n) is 11.9. The van der Waals surface area contributed by atoms with Gasteiger partial charge in [-0.15, -0.1) is 0 Å². The van der Waals surface area contributed by atoms with Crippen LogP contribution in [0.3, 0.4) is 0 Å². The number of sulfonamides is 1. The molecule has 42 heavy (non-hydrogen) atoms. The highest BCUT2D eigenvalue weighted by molar-refractivity contribution is 7.92. The van der Waals surface area contributed by atoms with Crippen LogP contribution in [0.25, 0.3) is 0 Å². The summed E-state index contributed by atoms with van der Waals surface area (Å²) in [5.74, 6) is -1.54. The van der Waals surface area contributed by atoms with E-state index in [0.29, 0.717) is 30.5 Å². The topological polar surface area (TPSA) is 132 Å². The number of pyridine rings is 1. The maximum Gasteiger partial charge on any atom is 0.338 e. The van der Waals surface area contributed by atoms with Gasteiger partial charge in [0, 0.05) is 18.0 Å². The summed E-state index contributed by atoms with van der Waals surface area (Å²) in [6.07, 6.45) is 3.77. The van der Waals surface area contributed by atoms with E-state index < -0.39 is 32.9 Å². The van der Waals surface area contributed by atoms with Crippen LogP contribution in [0.1, 0.15) is 70.4 Å². The lowest BCUT2D eigenvalue weighted by molar-refractivity contribution is -0.161. The van der Waals surface area contributed by atoms with E-state index in [0.717, 1.165) is 12.0 Å². The van der Waals surface area contributed by atoms with Crippen molar-refractivity contribution in [2.45, 2.75) is 76.3 Å². The second kappa shape index (κ2) is 12.1. The number of aliphatic hydroxyl groups excluding tert-OH is 1. The average molecular weight is 596 g/mol. The monoisotopic (exact) mass is 595 g/mol. The summed E-state index contributed by atoms with van der Waals surface area (Å²) in [5, 5.41) is 11.3. The first kappa shape index (κ1) is 31.0. The van der Waals surface area contributed by atoms with E-state index in [1.165, 1.54) is 30.5 Å². The number of aromatic nitrogens is 1. The Morgan fingerprint density at radius 3 is 2.43 bits per heavy atom. The minimum absolute atomic E-state index is 0.0317. The van der Waals surface area contributed by atoms with E-state index in [9.17, 15) is 22.7 Å². The number of carbonyl (C=O) groups excluding carboxylic acids is 1. The molecule has 0 saturated heterocycles. The molecule has 2 unspecified atom stereocenters. The van der Waals surface area contributed by atoms with Crippen LogP contribution in [0.5, 0.6) is 0 Å². The number of nitrogens with zero attached hydrogens (tertiary/aromatic N) is 1. The third-order valence-corrected chi connectivity index (χ3v) is 8.78. The largest absolute Gasteiger partial charge is 0.512 e. The number of aliphatic hydroxyl groups is 1. The number of ether oxygens (including phenoxy) is 1. The van der Waals surface area contributed by atoms with Crippen molar-refractivity contribution in [1.29, 1.82) is 0 Å². The number of rotatable bonds is 10. The maximum atomic E-state index is 13.7. The van der Waals surface area contributed by atoms with Crippen molar-refractivity contribution in [1.82, 2.24) is 4.98 Å². The summed E-state index contributed by atoms with van der Waals surface area (Å²) >= 11 is 0. The number of anilines is 2. The quantitative estimate of drug-likeness (QED) is 0.223. The number of esters is 1. The Morgan fingerprint density at radius 1 is 1.12 bits per heavy atom. The Balaban J connectivity index is 1.65. The third kappa shape index (κ3) is 7.10. The molecule has 0 fully saturated rings. The summed E-state index contributed by atoms with van der Waals surface area (Å²) in [6, 6.07) is 15.7. The van der Waals surface area contributed by atoms with Crippen LogP contribution in [0.4, 0.5) is 15.8 Å². The molecule has 2 aromatic carbocycles.